The molecule has 1 N–H and O–H groups in total. The summed E-state index contributed by atoms with van der Waals surface area (Å²) in [4.78, 5) is 11.3. The fraction of sp³-hybridized carbons (Fsp3) is 0.889. The van der Waals surface area contributed by atoms with Gasteiger partial charge in [-0.1, -0.05) is 0 Å². The molecule has 0 spiro atoms. The number of aliphatic hydroxyl groups is 1. The summed E-state index contributed by atoms with van der Waals surface area (Å²) in [5.41, 5.74) is -0.0237. The predicted octanol–water partition coefficient (Wildman–Crippen LogP) is 0.592. The highest BCUT2D eigenvalue weighted by molar-refractivity contribution is 5.88. The van der Waals surface area contributed by atoms with Crippen LogP contribution in [0.25, 0.3) is 0 Å². The van der Waals surface area contributed by atoms with Gasteiger partial charge < -0.3 is 5.11 Å². The van der Waals surface area contributed by atoms with Gasteiger partial charge in [0, 0.05) is 11.3 Å². The standard InChI is InChI=1S/C9H12O2/c1-4(10)9-3-5-2-6(9)7(9)8(5)11/h5-8,11H,2-3H2,1H3. The summed E-state index contributed by atoms with van der Waals surface area (Å²) < 4.78 is 0. The molecule has 0 heterocycles. The van der Waals surface area contributed by atoms with E-state index in [2.05, 4.69) is 0 Å². The molecule has 4 aliphatic carbocycles. The summed E-state index contributed by atoms with van der Waals surface area (Å²) in [6, 6.07) is 0. The van der Waals surface area contributed by atoms with Gasteiger partial charge in [0.25, 0.3) is 0 Å². The second kappa shape index (κ2) is 1.40. The van der Waals surface area contributed by atoms with Crippen molar-refractivity contribution < 1.29 is 9.90 Å². The highest BCUT2D eigenvalue weighted by atomic mass is 16.3. The summed E-state index contributed by atoms with van der Waals surface area (Å²) in [7, 11) is 0. The monoisotopic (exact) mass is 152 g/mol. The van der Waals surface area contributed by atoms with E-state index in [-0.39, 0.29) is 11.5 Å². The third kappa shape index (κ3) is 0.418. The number of ketones is 1. The highest BCUT2D eigenvalue weighted by Gasteiger charge is 2.80. The van der Waals surface area contributed by atoms with Gasteiger partial charge in [-0.05, 0) is 31.6 Å². The van der Waals surface area contributed by atoms with Gasteiger partial charge >= 0.3 is 0 Å². The Morgan fingerprint density at radius 1 is 1.64 bits per heavy atom. The van der Waals surface area contributed by atoms with E-state index < -0.39 is 0 Å². The van der Waals surface area contributed by atoms with E-state index in [4.69, 9.17) is 0 Å². The zero-order valence-corrected chi connectivity index (χ0v) is 6.58. The molecule has 4 fully saturated rings. The first-order valence-corrected chi connectivity index (χ1v) is 4.37. The minimum Gasteiger partial charge on any atom is -0.393 e. The number of hydrogen-bond acceptors (Lipinski definition) is 2. The predicted molar refractivity (Wildman–Crippen MR) is 38.8 cm³/mol. The number of hydrogen-bond donors (Lipinski definition) is 1. The SMILES string of the molecule is CC(=O)C12CC3CC1C2C3O. The van der Waals surface area contributed by atoms with Crippen LogP contribution in [0.3, 0.4) is 0 Å². The van der Waals surface area contributed by atoms with Crippen molar-refractivity contribution >= 4 is 5.78 Å². The number of rotatable bonds is 1. The fourth-order valence-corrected chi connectivity index (χ4v) is 3.77. The Kier molecular flexibility index (Phi) is 0.787. The van der Waals surface area contributed by atoms with Crippen molar-refractivity contribution in [2.24, 2.45) is 23.2 Å². The molecule has 2 heteroatoms. The fourth-order valence-electron chi connectivity index (χ4n) is 3.77. The average Bonchev–Trinajstić information content (AvgIpc) is 2.32. The third-order valence-corrected chi connectivity index (χ3v) is 4.24. The minimum absolute atomic E-state index is 0.0237. The Hall–Kier alpha value is -0.370. The number of carbonyl (C=O) groups is 1. The maximum Gasteiger partial charge on any atom is 0.136 e. The van der Waals surface area contributed by atoms with Gasteiger partial charge in [-0.25, -0.2) is 0 Å². The molecule has 4 rings (SSSR count). The number of Topliss-reactive ketones (excluding diaryl/α,β-unsaturated/α-hetero) is 1. The molecule has 0 aromatic heterocycles. The molecule has 5 atom stereocenters. The molecule has 4 saturated carbocycles. The van der Waals surface area contributed by atoms with Crippen LogP contribution in [0.15, 0.2) is 0 Å². The van der Waals surface area contributed by atoms with Crippen LogP contribution in [-0.4, -0.2) is 17.0 Å². The molecule has 0 saturated heterocycles. The van der Waals surface area contributed by atoms with E-state index in [1.54, 1.807) is 6.92 Å². The van der Waals surface area contributed by atoms with Crippen LogP contribution in [0.1, 0.15) is 19.8 Å². The first-order chi connectivity index (χ1) is 5.18. The Bertz CT molecular complexity index is 248. The van der Waals surface area contributed by atoms with Crippen molar-refractivity contribution in [2.75, 3.05) is 0 Å². The van der Waals surface area contributed by atoms with Crippen LogP contribution in [0, 0.1) is 23.2 Å². The van der Waals surface area contributed by atoms with E-state index >= 15 is 0 Å². The van der Waals surface area contributed by atoms with E-state index in [0.29, 0.717) is 23.5 Å². The first-order valence-electron chi connectivity index (χ1n) is 4.37. The maximum atomic E-state index is 11.3. The smallest absolute Gasteiger partial charge is 0.136 e. The first kappa shape index (κ1) is 6.18. The van der Waals surface area contributed by atoms with Gasteiger partial charge in [-0.15, -0.1) is 0 Å². The van der Waals surface area contributed by atoms with Crippen LogP contribution in [0.4, 0.5) is 0 Å². The van der Waals surface area contributed by atoms with Crippen LogP contribution in [-0.2, 0) is 4.79 Å². The van der Waals surface area contributed by atoms with Crippen LogP contribution >= 0.6 is 0 Å². The molecule has 11 heavy (non-hydrogen) atoms. The molecule has 0 aliphatic heterocycles. The van der Waals surface area contributed by atoms with Gasteiger partial charge in [-0.3, -0.25) is 4.79 Å². The summed E-state index contributed by atoms with van der Waals surface area (Å²) in [6.07, 6.45) is 1.97. The molecule has 0 amide bonds. The highest BCUT2D eigenvalue weighted by Crippen LogP contribution is 2.79. The van der Waals surface area contributed by atoms with E-state index in [0.717, 1.165) is 12.8 Å². The summed E-state index contributed by atoms with van der Waals surface area (Å²) in [6.45, 7) is 1.69. The van der Waals surface area contributed by atoms with Crippen LogP contribution < -0.4 is 0 Å². The molecule has 5 unspecified atom stereocenters. The quantitative estimate of drug-likeness (QED) is 0.597. The van der Waals surface area contributed by atoms with Gasteiger partial charge in [0.1, 0.15) is 5.78 Å². The summed E-state index contributed by atoms with van der Waals surface area (Å²) >= 11 is 0. The molecule has 0 radical (unpaired) electrons. The normalized spacial score (nSPS) is 63.5. The number of aliphatic hydroxyl groups excluding tert-OH is 1. The molecule has 4 bridgehead atoms. The lowest BCUT2D eigenvalue weighted by Crippen LogP contribution is -2.13. The van der Waals surface area contributed by atoms with Gasteiger partial charge in [0.15, 0.2) is 0 Å². The van der Waals surface area contributed by atoms with Crippen molar-refractivity contribution in [3.63, 3.8) is 0 Å². The van der Waals surface area contributed by atoms with Crippen molar-refractivity contribution in [2.45, 2.75) is 25.9 Å². The lowest BCUT2D eigenvalue weighted by atomic mass is 10.00. The largest absolute Gasteiger partial charge is 0.393 e. The van der Waals surface area contributed by atoms with Gasteiger partial charge in [-0.2, -0.15) is 0 Å². The lowest BCUT2D eigenvalue weighted by molar-refractivity contribution is -0.122. The second-order valence-electron chi connectivity index (χ2n) is 4.42. The molecule has 0 aromatic carbocycles. The zero-order chi connectivity index (χ0) is 7.80. The Morgan fingerprint density at radius 2 is 2.36 bits per heavy atom. The Balaban J connectivity index is 2.04. The molecule has 4 aliphatic rings. The Morgan fingerprint density at radius 3 is 2.55 bits per heavy atom. The van der Waals surface area contributed by atoms with E-state index in [1.165, 1.54) is 0 Å². The second-order valence-corrected chi connectivity index (χ2v) is 4.42. The average molecular weight is 152 g/mol. The minimum atomic E-state index is -0.135. The van der Waals surface area contributed by atoms with Crippen LogP contribution in [0.2, 0.25) is 0 Å². The lowest BCUT2D eigenvalue weighted by Gasteiger charge is -2.03. The molecular formula is C9H12O2. The van der Waals surface area contributed by atoms with E-state index in [1.807, 2.05) is 0 Å². The maximum absolute atomic E-state index is 11.3. The molecule has 60 valence electrons. The molecular weight excluding hydrogens is 140 g/mol. The number of carbonyl (C=O) groups excluding carboxylic acids is 1. The summed E-state index contributed by atoms with van der Waals surface area (Å²) in [5.74, 6) is 1.73. The van der Waals surface area contributed by atoms with Crippen LogP contribution in [0.5, 0.6) is 0 Å². The molecule has 0 aromatic rings. The third-order valence-electron chi connectivity index (χ3n) is 4.24. The van der Waals surface area contributed by atoms with Gasteiger partial charge in [0.05, 0.1) is 6.10 Å². The summed E-state index contributed by atoms with van der Waals surface area (Å²) in [5, 5.41) is 9.61. The van der Waals surface area contributed by atoms with E-state index in [9.17, 15) is 9.90 Å². The van der Waals surface area contributed by atoms with Crippen molar-refractivity contribution in [3.05, 3.63) is 0 Å². The zero-order valence-electron chi connectivity index (χ0n) is 6.58. The van der Waals surface area contributed by atoms with Crippen molar-refractivity contribution in [1.82, 2.24) is 0 Å². The Labute approximate surface area is 65.6 Å². The van der Waals surface area contributed by atoms with Gasteiger partial charge in [0.2, 0.25) is 0 Å². The van der Waals surface area contributed by atoms with Crippen molar-refractivity contribution in [3.8, 4) is 0 Å². The topological polar surface area (TPSA) is 37.3 Å². The molecule has 2 nitrogen and oxygen atoms in total. The van der Waals surface area contributed by atoms with Crippen molar-refractivity contribution in [1.29, 1.82) is 0 Å².